The number of carboxylic acid groups (broad SMARTS) is 1. The van der Waals surface area contributed by atoms with Gasteiger partial charge in [0, 0.05) is 22.9 Å². The predicted molar refractivity (Wildman–Crippen MR) is 102 cm³/mol. The number of aromatic carboxylic acids is 1. The maximum absolute atomic E-state index is 12.2. The molecule has 0 saturated carbocycles. The Kier molecular flexibility index (Phi) is 5.58. The van der Waals surface area contributed by atoms with Crippen LogP contribution in [0.15, 0.2) is 70.7 Å². The molecule has 0 fully saturated rings. The van der Waals surface area contributed by atoms with Crippen molar-refractivity contribution in [3.05, 3.63) is 82.6 Å². The first-order valence-electron chi connectivity index (χ1n) is 8.07. The summed E-state index contributed by atoms with van der Waals surface area (Å²) in [5, 5.41) is 22.9. The van der Waals surface area contributed by atoms with E-state index in [2.05, 4.69) is 5.32 Å². The number of amides is 1. The minimum absolute atomic E-state index is 0.0194. The highest BCUT2D eigenvalue weighted by Crippen LogP contribution is 2.28. The minimum atomic E-state index is -1.37. The molecule has 6 nitrogen and oxygen atoms in total. The highest BCUT2D eigenvalue weighted by molar-refractivity contribution is 6.33. The normalized spacial score (nSPS) is 10.9. The number of benzene rings is 2. The van der Waals surface area contributed by atoms with Gasteiger partial charge in [0.05, 0.1) is 11.0 Å². The van der Waals surface area contributed by atoms with E-state index in [-0.39, 0.29) is 21.9 Å². The first-order valence-corrected chi connectivity index (χ1v) is 8.45. The summed E-state index contributed by atoms with van der Waals surface area (Å²) in [5.41, 5.74) is 0.856. The summed E-state index contributed by atoms with van der Waals surface area (Å²) in [4.78, 5) is 23.2. The number of para-hydroxylation sites is 1. The molecular weight excluding hydrogens is 380 g/mol. The van der Waals surface area contributed by atoms with Gasteiger partial charge in [0.1, 0.15) is 23.2 Å². The van der Waals surface area contributed by atoms with Crippen molar-refractivity contribution in [2.75, 3.05) is 5.32 Å². The van der Waals surface area contributed by atoms with Gasteiger partial charge in [-0.25, -0.2) is 0 Å². The van der Waals surface area contributed by atoms with Crippen LogP contribution in [0.5, 0.6) is 0 Å². The summed E-state index contributed by atoms with van der Waals surface area (Å²) < 4.78 is 5.63. The molecular formula is C21H12ClN2O4-. The number of hydrogen-bond donors (Lipinski definition) is 1. The van der Waals surface area contributed by atoms with Gasteiger partial charge in [-0.3, -0.25) is 4.79 Å². The van der Waals surface area contributed by atoms with Crippen LogP contribution >= 0.6 is 11.6 Å². The largest absolute Gasteiger partial charge is 0.545 e. The molecule has 3 aromatic rings. The van der Waals surface area contributed by atoms with Crippen LogP contribution in [0.2, 0.25) is 5.02 Å². The topological polar surface area (TPSA) is 106 Å². The van der Waals surface area contributed by atoms with E-state index in [0.29, 0.717) is 17.0 Å². The van der Waals surface area contributed by atoms with Gasteiger partial charge in [-0.1, -0.05) is 41.9 Å². The highest BCUT2D eigenvalue weighted by atomic mass is 35.5. The highest BCUT2D eigenvalue weighted by Gasteiger charge is 2.12. The van der Waals surface area contributed by atoms with Gasteiger partial charge in [-0.15, -0.1) is 0 Å². The lowest BCUT2D eigenvalue weighted by atomic mass is 10.1. The quantitative estimate of drug-likeness (QED) is 0.529. The van der Waals surface area contributed by atoms with E-state index in [4.69, 9.17) is 16.0 Å². The van der Waals surface area contributed by atoms with E-state index in [1.54, 1.807) is 36.4 Å². The lowest BCUT2D eigenvalue weighted by molar-refractivity contribution is -0.255. The fourth-order valence-corrected chi connectivity index (χ4v) is 2.69. The van der Waals surface area contributed by atoms with E-state index in [9.17, 15) is 20.0 Å². The van der Waals surface area contributed by atoms with Gasteiger partial charge < -0.3 is 19.6 Å². The smallest absolute Gasteiger partial charge is 0.266 e. The average Bonchev–Trinajstić information content (AvgIpc) is 3.15. The second-order valence-electron chi connectivity index (χ2n) is 5.67. The second-order valence-corrected chi connectivity index (χ2v) is 6.08. The Labute approximate surface area is 165 Å². The molecule has 0 bridgehead atoms. The van der Waals surface area contributed by atoms with Crippen LogP contribution in [0.1, 0.15) is 16.1 Å². The van der Waals surface area contributed by atoms with Crippen molar-refractivity contribution >= 4 is 35.2 Å². The number of halogens is 1. The van der Waals surface area contributed by atoms with Crippen LogP contribution < -0.4 is 10.4 Å². The molecule has 0 unspecified atom stereocenters. The van der Waals surface area contributed by atoms with Gasteiger partial charge in [-0.05, 0) is 30.3 Å². The molecule has 138 valence electrons. The Morgan fingerprint density at radius 3 is 2.50 bits per heavy atom. The number of anilines is 1. The average molecular weight is 392 g/mol. The molecule has 0 saturated heterocycles. The van der Waals surface area contributed by atoms with Crippen molar-refractivity contribution in [1.29, 1.82) is 5.26 Å². The molecule has 1 heterocycles. The molecule has 1 N–H and O–H groups in total. The zero-order chi connectivity index (χ0) is 20.1. The van der Waals surface area contributed by atoms with Crippen molar-refractivity contribution in [2.24, 2.45) is 0 Å². The van der Waals surface area contributed by atoms with E-state index in [0.717, 1.165) is 0 Å². The first-order chi connectivity index (χ1) is 13.5. The lowest BCUT2D eigenvalue weighted by Crippen LogP contribution is -2.22. The second kappa shape index (κ2) is 8.25. The number of nitrogens with one attached hydrogen (secondary N) is 1. The zero-order valence-corrected chi connectivity index (χ0v) is 15.1. The van der Waals surface area contributed by atoms with Crippen LogP contribution in [-0.4, -0.2) is 11.9 Å². The Hall–Kier alpha value is -3.82. The molecule has 0 spiro atoms. The molecule has 2 aromatic carbocycles. The van der Waals surface area contributed by atoms with Crippen LogP contribution in [0.4, 0.5) is 5.69 Å². The third-order valence-corrected chi connectivity index (χ3v) is 4.10. The summed E-state index contributed by atoms with van der Waals surface area (Å²) in [6.07, 6.45) is 1.32. The van der Waals surface area contributed by atoms with E-state index in [1.807, 2.05) is 12.1 Å². The SMILES string of the molecule is N#C/C(=C\c1ccc(-c2ccc(C(=O)[O-])c(Cl)c2)o1)C(=O)Nc1ccccc1. The number of carbonyl (C=O) groups excluding carboxylic acids is 2. The van der Waals surface area contributed by atoms with Crippen molar-refractivity contribution < 1.29 is 19.1 Å². The van der Waals surface area contributed by atoms with E-state index in [1.165, 1.54) is 24.3 Å². The lowest BCUT2D eigenvalue weighted by Gasteiger charge is -2.06. The van der Waals surface area contributed by atoms with Crippen LogP contribution in [-0.2, 0) is 4.79 Å². The third kappa shape index (κ3) is 4.29. The third-order valence-electron chi connectivity index (χ3n) is 3.78. The molecule has 28 heavy (non-hydrogen) atoms. The zero-order valence-electron chi connectivity index (χ0n) is 14.3. The van der Waals surface area contributed by atoms with Crippen molar-refractivity contribution in [2.45, 2.75) is 0 Å². The Balaban J connectivity index is 1.82. The predicted octanol–water partition coefficient (Wildman–Crippen LogP) is 3.51. The van der Waals surface area contributed by atoms with Gasteiger partial charge >= 0.3 is 0 Å². The summed E-state index contributed by atoms with van der Waals surface area (Å²) >= 11 is 5.94. The van der Waals surface area contributed by atoms with Gasteiger partial charge in [-0.2, -0.15) is 5.26 Å². The number of nitriles is 1. The first kappa shape index (κ1) is 19.0. The molecule has 1 aromatic heterocycles. The molecule has 7 heteroatoms. The van der Waals surface area contributed by atoms with Gasteiger partial charge in [0.25, 0.3) is 5.91 Å². The summed E-state index contributed by atoms with van der Waals surface area (Å²) in [6.45, 7) is 0. The number of hydrogen-bond acceptors (Lipinski definition) is 5. The monoisotopic (exact) mass is 391 g/mol. The number of carbonyl (C=O) groups is 2. The van der Waals surface area contributed by atoms with Crippen molar-refractivity contribution in [1.82, 2.24) is 0 Å². The summed E-state index contributed by atoms with van der Waals surface area (Å²) in [6, 6.07) is 18.1. The van der Waals surface area contributed by atoms with Crippen LogP contribution in [0, 0.1) is 11.3 Å². The number of furan rings is 1. The van der Waals surface area contributed by atoms with Crippen LogP contribution in [0.25, 0.3) is 17.4 Å². The number of carboxylic acids is 1. The van der Waals surface area contributed by atoms with Crippen molar-refractivity contribution in [3.63, 3.8) is 0 Å². The van der Waals surface area contributed by atoms with E-state index < -0.39 is 11.9 Å². The number of rotatable bonds is 5. The Morgan fingerprint density at radius 2 is 1.86 bits per heavy atom. The van der Waals surface area contributed by atoms with Crippen molar-refractivity contribution in [3.8, 4) is 17.4 Å². The molecule has 0 aliphatic carbocycles. The number of nitrogens with zero attached hydrogens (tertiary/aromatic N) is 1. The minimum Gasteiger partial charge on any atom is -0.545 e. The summed E-state index contributed by atoms with van der Waals surface area (Å²) in [7, 11) is 0. The fraction of sp³-hybridized carbons (Fsp3) is 0. The van der Waals surface area contributed by atoms with E-state index >= 15 is 0 Å². The maximum Gasteiger partial charge on any atom is 0.266 e. The van der Waals surface area contributed by atoms with Crippen LogP contribution in [0.3, 0.4) is 0 Å². The molecule has 3 rings (SSSR count). The van der Waals surface area contributed by atoms with Gasteiger partial charge in [0.2, 0.25) is 0 Å². The molecule has 0 aliphatic rings. The molecule has 0 aliphatic heterocycles. The molecule has 0 atom stereocenters. The fourth-order valence-electron chi connectivity index (χ4n) is 2.43. The Morgan fingerprint density at radius 1 is 1.11 bits per heavy atom. The standard InChI is InChI=1S/C21H13ClN2O4/c22-18-11-13(6-8-17(18)21(26)27)19-9-7-16(28-19)10-14(12-23)20(25)24-15-4-2-1-3-5-15/h1-11H,(H,24,25)(H,26,27)/p-1/b14-10+. The Bertz CT molecular complexity index is 1110. The molecule has 1 amide bonds. The summed E-state index contributed by atoms with van der Waals surface area (Å²) in [5.74, 6) is -1.25. The maximum atomic E-state index is 12.2. The van der Waals surface area contributed by atoms with Gasteiger partial charge in [0.15, 0.2) is 0 Å². The molecule has 0 radical (unpaired) electrons.